The number of nitrogens with zero attached hydrogens (tertiary/aromatic N) is 2. The van der Waals surface area contributed by atoms with Gasteiger partial charge in [0.1, 0.15) is 16.4 Å². The van der Waals surface area contributed by atoms with Crippen molar-refractivity contribution in [1.29, 1.82) is 0 Å². The van der Waals surface area contributed by atoms with Crippen molar-refractivity contribution in [2.45, 2.75) is 27.1 Å². The molecule has 0 aromatic heterocycles. The van der Waals surface area contributed by atoms with Crippen LogP contribution in [0.4, 0.5) is 15.8 Å². The maximum absolute atomic E-state index is 13.4. The van der Waals surface area contributed by atoms with Crippen molar-refractivity contribution in [3.63, 3.8) is 0 Å². The molecular formula is C33H33FN4O9S3. The third-order valence-electron chi connectivity index (χ3n) is 7.83. The molecule has 13 nitrogen and oxygen atoms in total. The molecular weight excluding hydrogens is 712 g/mol. The molecule has 1 amide bonds. The van der Waals surface area contributed by atoms with E-state index in [0.717, 1.165) is 60.4 Å². The van der Waals surface area contributed by atoms with Crippen LogP contribution in [0.1, 0.15) is 16.8 Å². The number of halogens is 1. The molecule has 0 saturated carbocycles. The predicted molar refractivity (Wildman–Crippen MR) is 186 cm³/mol. The van der Waals surface area contributed by atoms with Gasteiger partial charge in [-0.05, 0) is 60.5 Å². The van der Waals surface area contributed by atoms with Crippen molar-refractivity contribution < 1.29 is 40.2 Å². The number of hydrogen-bond donors (Lipinski definition) is 3. The van der Waals surface area contributed by atoms with Gasteiger partial charge in [-0.25, -0.2) is 17.5 Å². The molecule has 4 aromatic carbocycles. The van der Waals surface area contributed by atoms with Crippen LogP contribution in [-0.2, 0) is 24.9 Å². The zero-order valence-electron chi connectivity index (χ0n) is 26.4. The molecule has 3 N–H and O–H groups in total. The number of anilines is 1. The minimum atomic E-state index is -4.92. The Labute approximate surface area is 292 Å². The number of rotatable bonds is 14. The Kier molecular flexibility index (Phi) is 11.9. The number of morpholine rings is 1. The number of amides is 1. The van der Waals surface area contributed by atoms with Crippen LogP contribution in [0.2, 0.25) is 0 Å². The first-order valence-corrected chi connectivity index (χ1v) is 19.2. The van der Waals surface area contributed by atoms with Gasteiger partial charge in [-0.2, -0.15) is 8.42 Å². The van der Waals surface area contributed by atoms with Crippen LogP contribution in [0.25, 0.3) is 11.1 Å². The lowest BCUT2D eigenvalue weighted by molar-refractivity contribution is -0.384. The monoisotopic (exact) mass is 744 g/mol. The Hall–Kier alpha value is -4.39. The van der Waals surface area contributed by atoms with Gasteiger partial charge in [0.25, 0.3) is 31.7 Å². The van der Waals surface area contributed by atoms with E-state index in [1.165, 1.54) is 18.2 Å². The maximum Gasteiger partial charge on any atom is 0.295 e. The number of hydrogen-bond acceptors (Lipinski definition) is 11. The van der Waals surface area contributed by atoms with Crippen LogP contribution in [0.15, 0.2) is 106 Å². The summed E-state index contributed by atoms with van der Waals surface area (Å²) in [5, 5.41) is 15.4. The van der Waals surface area contributed by atoms with E-state index in [2.05, 4.69) is 10.2 Å². The number of ether oxygens (including phenoxy) is 1. The van der Waals surface area contributed by atoms with Gasteiger partial charge < -0.3 is 10.1 Å². The molecule has 0 aliphatic carbocycles. The minimum Gasteiger partial charge on any atom is -0.379 e. The molecule has 0 bridgehead atoms. The molecule has 1 atom stereocenters. The average Bonchev–Trinajstić information content (AvgIpc) is 3.09. The molecule has 17 heteroatoms. The molecule has 0 unspecified atom stereocenters. The summed E-state index contributed by atoms with van der Waals surface area (Å²) in [6, 6.07) is 20.4. The lowest BCUT2D eigenvalue weighted by Crippen LogP contribution is -2.39. The highest BCUT2D eigenvalue weighted by molar-refractivity contribution is 7.99. The minimum absolute atomic E-state index is 0.0592. The first-order valence-electron chi connectivity index (χ1n) is 15.3. The van der Waals surface area contributed by atoms with Gasteiger partial charge in [0.2, 0.25) is 0 Å². The summed E-state index contributed by atoms with van der Waals surface area (Å²) >= 11 is 1.58. The molecule has 1 aliphatic heterocycles. The van der Waals surface area contributed by atoms with Gasteiger partial charge in [0.05, 0.1) is 23.0 Å². The van der Waals surface area contributed by atoms with E-state index >= 15 is 0 Å². The summed E-state index contributed by atoms with van der Waals surface area (Å²) in [6.07, 6.45) is 0.637. The number of nitro groups is 1. The second-order valence-corrected chi connectivity index (χ2v) is 15.4. The third kappa shape index (κ3) is 9.64. The number of thioether (sulfide) groups is 1. The van der Waals surface area contributed by atoms with E-state index in [1.54, 1.807) is 16.5 Å². The molecule has 50 heavy (non-hydrogen) atoms. The highest BCUT2D eigenvalue weighted by Crippen LogP contribution is 2.31. The summed E-state index contributed by atoms with van der Waals surface area (Å²) < 4.78 is 81.4. The Morgan fingerprint density at radius 3 is 2.34 bits per heavy atom. The summed E-state index contributed by atoms with van der Waals surface area (Å²) in [6.45, 7) is 3.50. The largest absolute Gasteiger partial charge is 0.379 e. The topological polar surface area (TPSA) is 185 Å². The maximum atomic E-state index is 13.4. The van der Waals surface area contributed by atoms with Crippen LogP contribution >= 0.6 is 11.8 Å². The number of sulfonamides is 1. The number of carbonyl (C=O) groups excluding carboxylic acids is 1. The highest BCUT2D eigenvalue weighted by Gasteiger charge is 2.27. The quantitative estimate of drug-likeness (QED) is 0.0676. The van der Waals surface area contributed by atoms with Gasteiger partial charge >= 0.3 is 0 Å². The third-order valence-corrected chi connectivity index (χ3v) is 11.2. The van der Waals surface area contributed by atoms with Crippen molar-refractivity contribution in [2.75, 3.05) is 43.9 Å². The molecule has 1 saturated heterocycles. The first-order chi connectivity index (χ1) is 23.8. The van der Waals surface area contributed by atoms with Gasteiger partial charge in [-0.1, -0.05) is 36.4 Å². The van der Waals surface area contributed by atoms with E-state index in [4.69, 9.17) is 4.74 Å². The first kappa shape index (κ1) is 36.9. The Morgan fingerprint density at radius 2 is 1.68 bits per heavy atom. The van der Waals surface area contributed by atoms with Crippen LogP contribution in [0, 0.1) is 15.9 Å². The number of nitrogens with one attached hydrogen (secondary N) is 2. The summed E-state index contributed by atoms with van der Waals surface area (Å²) in [5.41, 5.74) is -0.731. The predicted octanol–water partition coefficient (Wildman–Crippen LogP) is 5.06. The average molecular weight is 745 g/mol. The molecule has 4 aromatic rings. The molecule has 264 valence electrons. The van der Waals surface area contributed by atoms with E-state index in [1.807, 2.05) is 30.3 Å². The summed E-state index contributed by atoms with van der Waals surface area (Å²) in [7, 11) is -9.62. The lowest BCUT2D eigenvalue weighted by atomic mass is 10.0. The number of benzene rings is 4. The zero-order chi connectivity index (χ0) is 35.9. The van der Waals surface area contributed by atoms with Crippen molar-refractivity contribution >= 4 is 49.2 Å². The summed E-state index contributed by atoms with van der Waals surface area (Å²) in [4.78, 5) is 26.5. The zero-order valence-corrected chi connectivity index (χ0v) is 28.8. The van der Waals surface area contributed by atoms with Crippen molar-refractivity contribution in [3.8, 4) is 11.1 Å². The molecule has 1 heterocycles. The number of carbonyl (C=O) groups is 1. The standard InChI is InChI=1S/C33H33FN4O9S3/c34-25-9-6-23(7-10-25)29-12-8-24(20-32(29)50(44,45)46)33(39)36-49(42,43)28-11-13-30(31(21-28)38(40)41)35-26(14-15-37-16-18-47-19-17-37)22-48-27-4-2-1-3-5-27/h1-13,20-21,26,35H,14-19,22H2,(H,36,39)(H,44,45,46)/t26-/m1/s1. The van der Waals surface area contributed by atoms with Crippen molar-refractivity contribution in [3.05, 3.63) is 112 Å². The fourth-order valence-electron chi connectivity index (χ4n) is 5.23. The highest BCUT2D eigenvalue weighted by atomic mass is 32.2. The Bertz CT molecular complexity index is 2060. The second-order valence-electron chi connectivity index (χ2n) is 11.3. The van der Waals surface area contributed by atoms with Gasteiger partial charge in [-0.3, -0.25) is 24.4 Å². The van der Waals surface area contributed by atoms with Gasteiger partial charge in [0.15, 0.2) is 0 Å². The molecule has 1 aliphatic rings. The Morgan fingerprint density at radius 1 is 0.980 bits per heavy atom. The van der Waals surface area contributed by atoms with E-state index in [-0.39, 0.29) is 22.9 Å². The molecule has 1 fully saturated rings. The van der Waals surface area contributed by atoms with Crippen LogP contribution in [0.5, 0.6) is 0 Å². The number of nitro benzene ring substituents is 1. The fraction of sp³-hybridized carbons (Fsp3) is 0.242. The Balaban J connectivity index is 1.36. The van der Waals surface area contributed by atoms with E-state index < -0.39 is 57.8 Å². The lowest BCUT2D eigenvalue weighted by Gasteiger charge is -2.29. The molecule has 0 spiro atoms. The van der Waals surface area contributed by atoms with Gasteiger partial charge in [-0.15, -0.1) is 11.8 Å². The van der Waals surface area contributed by atoms with Crippen molar-refractivity contribution in [2.24, 2.45) is 0 Å². The molecule has 5 rings (SSSR count). The second kappa shape index (κ2) is 16.1. The van der Waals surface area contributed by atoms with Crippen LogP contribution in [-0.4, -0.2) is 81.8 Å². The van der Waals surface area contributed by atoms with Crippen LogP contribution in [0.3, 0.4) is 0 Å². The molecule has 0 radical (unpaired) electrons. The smallest absolute Gasteiger partial charge is 0.295 e. The van der Waals surface area contributed by atoms with E-state index in [9.17, 15) is 40.7 Å². The van der Waals surface area contributed by atoms with Gasteiger partial charge in [0, 0.05) is 53.5 Å². The fourth-order valence-corrected chi connectivity index (χ4v) is 7.96. The normalized spacial score (nSPS) is 14.5. The summed E-state index contributed by atoms with van der Waals surface area (Å²) in [5.74, 6) is -1.28. The van der Waals surface area contributed by atoms with E-state index in [0.29, 0.717) is 31.9 Å². The van der Waals surface area contributed by atoms with Crippen molar-refractivity contribution in [1.82, 2.24) is 9.62 Å². The van der Waals surface area contributed by atoms with Crippen LogP contribution < -0.4 is 10.0 Å². The SMILES string of the molecule is O=C(NS(=O)(=O)c1ccc(N[C@H](CCN2CCOCC2)CSc2ccccc2)c([N+](=O)[O-])c1)c1ccc(-c2ccc(F)cc2)c(S(=O)(=O)O)c1.